The number of rotatable bonds is 5. The first-order valence-corrected chi connectivity index (χ1v) is 11.0. The van der Waals surface area contributed by atoms with Gasteiger partial charge in [0.1, 0.15) is 0 Å². The van der Waals surface area contributed by atoms with E-state index in [2.05, 4.69) is 9.97 Å². The van der Waals surface area contributed by atoms with Gasteiger partial charge in [0.05, 0.1) is 11.7 Å². The smallest absolute Gasteiger partial charge is 0.261 e. The summed E-state index contributed by atoms with van der Waals surface area (Å²) in [6, 6.07) is 15.9. The summed E-state index contributed by atoms with van der Waals surface area (Å²) in [6.07, 6.45) is 7.30. The lowest BCUT2D eigenvalue weighted by Crippen LogP contribution is -2.38. The lowest BCUT2D eigenvalue weighted by Gasteiger charge is -2.34. The molecule has 1 N–H and O–H groups in total. The molecule has 6 nitrogen and oxygen atoms in total. The Balaban J connectivity index is 1.70. The molecule has 2 aromatic heterocycles. The van der Waals surface area contributed by atoms with Gasteiger partial charge in [0.2, 0.25) is 0 Å². The minimum absolute atomic E-state index is 0.0573. The predicted molar refractivity (Wildman–Crippen MR) is 112 cm³/mol. The van der Waals surface area contributed by atoms with Crippen molar-refractivity contribution in [1.82, 2.24) is 14.3 Å². The number of nitrogens with one attached hydrogen (secondary N) is 1. The minimum atomic E-state index is -3.74. The second-order valence-corrected chi connectivity index (χ2v) is 8.88. The van der Waals surface area contributed by atoms with Crippen LogP contribution in [0.2, 0.25) is 0 Å². The number of piperidine rings is 1. The molecule has 1 aliphatic heterocycles. The number of pyridine rings is 2. The molecule has 1 atom stereocenters. The minimum Gasteiger partial charge on any atom is -0.308 e. The topological polar surface area (TPSA) is 87.0 Å². The Labute approximate surface area is 170 Å². The standard InChI is InChI=1S/C22H22N4O2S/c23-15-17-9-11-18(12-10-17)20-6-3-8-22(25-20)29(27,28)26-14-2-1-7-21(26)19-5-4-13-24-16-19/h3-6,8-13,15-16,21,23H,1-2,7,14H2. The second-order valence-electron chi connectivity index (χ2n) is 7.04. The van der Waals surface area contributed by atoms with E-state index in [-0.39, 0.29) is 11.1 Å². The van der Waals surface area contributed by atoms with Crippen LogP contribution in [-0.4, -0.2) is 35.5 Å². The quantitative estimate of drug-likeness (QED) is 0.648. The van der Waals surface area contributed by atoms with Crippen molar-refractivity contribution in [2.24, 2.45) is 0 Å². The summed E-state index contributed by atoms with van der Waals surface area (Å²) >= 11 is 0. The van der Waals surface area contributed by atoms with Crippen LogP contribution >= 0.6 is 0 Å². The molecule has 0 bridgehead atoms. The molecule has 0 aliphatic carbocycles. The van der Waals surface area contributed by atoms with Gasteiger partial charge in [-0.05, 0) is 42.2 Å². The van der Waals surface area contributed by atoms with Crippen molar-refractivity contribution >= 4 is 16.2 Å². The fraction of sp³-hybridized carbons (Fsp3) is 0.227. The van der Waals surface area contributed by atoms with Gasteiger partial charge in [-0.25, -0.2) is 13.4 Å². The van der Waals surface area contributed by atoms with Crippen LogP contribution in [0, 0.1) is 5.41 Å². The summed E-state index contributed by atoms with van der Waals surface area (Å²) in [4.78, 5) is 8.64. The summed E-state index contributed by atoms with van der Waals surface area (Å²) in [7, 11) is -3.74. The maximum absolute atomic E-state index is 13.5. The largest absolute Gasteiger partial charge is 0.308 e. The maximum atomic E-state index is 13.5. The van der Waals surface area contributed by atoms with Gasteiger partial charge in [0, 0.05) is 30.7 Å². The number of hydrogen-bond acceptors (Lipinski definition) is 5. The molecule has 7 heteroatoms. The monoisotopic (exact) mass is 406 g/mol. The highest BCUT2D eigenvalue weighted by atomic mass is 32.2. The van der Waals surface area contributed by atoms with Gasteiger partial charge >= 0.3 is 0 Å². The van der Waals surface area contributed by atoms with Crippen LogP contribution in [0.5, 0.6) is 0 Å². The Hall–Kier alpha value is -2.90. The SMILES string of the molecule is N=Cc1ccc(-c2cccc(S(=O)(=O)N3CCCCC3c3cccnc3)n2)cc1. The van der Waals surface area contributed by atoms with E-state index in [0.29, 0.717) is 12.2 Å². The molecule has 4 rings (SSSR count). The average molecular weight is 407 g/mol. The summed E-state index contributed by atoms with van der Waals surface area (Å²) in [5, 5.41) is 7.37. The molecule has 0 radical (unpaired) electrons. The molecule has 1 unspecified atom stereocenters. The zero-order valence-corrected chi connectivity index (χ0v) is 16.7. The average Bonchev–Trinajstić information content (AvgIpc) is 2.80. The molecule has 0 amide bonds. The third-order valence-corrected chi connectivity index (χ3v) is 7.00. The van der Waals surface area contributed by atoms with Crippen molar-refractivity contribution in [2.75, 3.05) is 6.54 Å². The van der Waals surface area contributed by atoms with Gasteiger partial charge in [-0.1, -0.05) is 42.8 Å². The molecule has 3 heterocycles. The highest BCUT2D eigenvalue weighted by molar-refractivity contribution is 7.89. The molecule has 148 valence electrons. The van der Waals surface area contributed by atoms with Crippen molar-refractivity contribution in [1.29, 1.82) is 5.41 Å². The van der Waals surface area contributed by atoms with Gasteiger partial charge in [0.15, 0.2) is 5.03 Å². The first kappa shape index (κ1) is 19.4. The van der Waals surface area contributed by atoms with Gasteiger partial charge in [-0.2, -0.15) is 4.31 Å². The first-order valence-electron chi connectivity index (χ1n) is 9.59. The Morgan fingerprint density at radius 3 is 2.59 bits per heavy atom. The van der Waals surface area contributed by atoms with Crippen molar-refractivity contribution in [3.63, 3.8) is 0 Å². The van der Waals surface area contributed by atoms with Gasteiger partial charge in [-0.3, -0.25) is 4.98 Å². The molecule has 1 aromatic carbocycles. The molecule has 3 aromatic rings. The lowest BCUT2D eigenvalue weighted by atomic mass is 9.99. The van der Waals surface area contributed by atoms with Crippen molar-refractivity contribution in [3.05, 3.63) is 78.1 Å². The van der Waals surface area contributed by atoms with E-state index in [0.717, 1.165) is 36.0 Å². The summed E-state index contributed by atoms with van der Waals surface area (Å²) < 4.78 is 28.5. The number of sulfonamides is 1. The summed E-state index contributed by atoms with van der Waals surface area (Å²) in [5.74, 6) is 0. The van der Waals surface area contributed by atoms with Crippen molar-refractivity contribution in [3.8, 4) is 11.3 Å². The van der Waals surface area contributed by atoms with Crippen LogP contribution in [0.3, 0.4) is 0 Å². The van der Waals surface area contributed by atoms with E-state index in [1.54, 1.807) is 34.9 Å². The Morgan fingerprint density at radius 2 is 1.86 bits per heavy atom. The highest BCUT2D eigenvalue weighted by Crippen LogP contribution is 2.35. The van der Waals surface area contributed by atoms with Crippen LogP contribution in [0.4, 0.5) is 0 Å². The van der Waals surface area contributed by atoms with E-state index in [9.17, 15) is 8.42 Å². The predicted octanol–water partition coefficient (Wildman–Crippen LogP) is 4.06. The lowest BCUT2D eigenvalue weighted by molar-refractivity contribution is 0.255. The number of benzene rings is 1. The molecular formula is C22H22N4O2S. The molecule has 1 saturated heterocycles. The zero-order valence-electron chi connectivity index (χ0n) is 15.9. The molecular weight excluding hydrogens is 384 g/mol. The van der Waals surface area contributed by atoms with Gasteiger partial charge in [0.25, 0.3) is 10.0 Å². The Kier molecular flexibility index (Phi) is 5.51. The fourth-order valence-corrected chi connectivity index (χ4v) is 5.32. The third kappa shape index (κ3) is 3.97. The van der Waals surface area contributed by atoms with Crippen molar-refractivity contribution in [2.45, 2.75) is 30.3 Å². The van der Waals surface area contributed by atoms with E-state index in [1.165, 1.54) is 6.21 Å². The third-order valence-electron chi connectivity index (χ3n) is 5.19. The van der Waals surface area contributed by atoms with Crippen LogP contribution in [0.1, 0.15) is 36.4 Å². The van der Waals surface area contributed by atoms with Crippen LogP contribution in [0.25, 0.3) is 11.3 Å². The first-order chi connectivity index (χ1) is 14.1. The molecule has 0 spiro atoms. The zero-order chi connectivity index (χ0) is 20.3. The fourth-order valence-electron chi connectivity index (χ4n) is 3.69. The number of aromatic nitrogens is 2. The Bertz CT molecular complexity index is 1100. The summed E-state index contributed by atoms with van der Waals surface area (Å²) in [5.41, 5.74) is 3.10. The van der Waals surface area contributed by atoms with Crippen molar-refractivity contribution < 1.29 is 8.42 Å². The highest BCUT2D eigenvalue weighted by Gasteiger charge is 2.35. The summed E-state index contributed by atoms with van der Waals surface area (Å²) in [6.45, 7) is 0.474. The molecule has 29 heavy (non-hydrogen) atoms. The molecule has 1 aliphatic rings. The maximum Gasteiger partial charge on any atom is 0.261 e. The van der Waals surface area contributed by atoms with Crippen LogP contribution in [0.15, 0.2) is 72.0 Å². The van der Waals surface area contributed by atoms with E-state index >= 15 is 0 Å². The van der Waals surface area contributed by atoms with E-state index in [4.69, 9.17) is 5.41 Å². The van der Waals surface area contributed by atoms with E-state index < -0.39 is 10.0 Å². The second kappa shape index (κ2) is 8.23. The van der Waals surface area contributed by atoms with Crippen LogP contribution < -0.4 is 0 Å². The Morgan fingerprint density at radius 1 is 1.03 bits per heavy atom. The normalized spacial score (nSPS) is 17.7. The number of nitrogens with zero attached hydrogens (tertiary/aromatic N) is 3. The number of hydrogen-bond donors (Lipinski definition) is 1. The van der Waals surface area contributed by atoms with Gasteiger partial charge in [-0.15, -0.1) is 0 Å². The van der Waals surface area contributed by atoms with Crippen LogP contribution in [-0.2, 0) is 10.0 Å². The molecule has 0 saturated carbocycles. The molecule has 1 fully saturated rings. The van der Waals surface area contributed by atoms with Gasteiger partial charge < -0.3 is 5.41 Å². The van der Waals surface area contributed by atoms with E-state index in [1.807, 2.05) is 36.4 Å².